The van der Waals surface area contributed by atoms with Gasteiger partial charge in [0.15, 0.2) is 5.78 Å². The average molecular weight is 358 g/mol. The number of carbonyl (C=O) groups excluding carboxylic acids is 2. The molecule has 0 spiro atoms. The molecule has 0 aliphatic rings. The fourth-order valence-corrected chi connectivity index (χ4v) is 2.78. The number of amides is 1. The minimum atomic E-state index is -0.601. The highest BCUT2D eigenvalue weighted by Crippen LogP contribution is 2.19. The van der Waals surface area contributed by atoms with Crippen LogP contribution in [0.3, 0.4) is 0 Å². The van der Waals surface area contributed by atoms with Crippen molar-refractivity contribution in [2.24, 2.45) is 5.92 Å². The highest BCUT2D eigenvalue weighted by molar-refractivity contribution is 5.99. The molecule has 0 bridgehead atoms. The van der Waals surface area contributed by atoms with Crippen LogP contribution >= 0.6 is 0 Å². The van der Waals surface area contributed by atoms with Gasteiger partial charge in [-0.15, -0.1) is 0 Å². The maximum absolute atomic E-state index is 12.6. The summed E-state index contributed by atoms with van der Waals surface area (Å²) >= 11 is 0. The first-order valence-corrected chi connectivity index (χ1v) is 9.12. The van der Waals surface area contributed by atoms with Gasteiger partial charge in [0.2, 0.25) is 0 Å². The van der Waals surface area contributed by atoms with Crippen molar-refractivity contribution < 1.29 is 14.8 Å². The molecule has 0 unspecified atom stereocenters. The quantitative estimate of drug-likeness (QED) is 0.217. The lowest BCUT2D eigenvalue weighted by molar-refractivity contribution is -0.124. The van der Waals surface area contributed by atoms with E-state index in [1.807, 2.05) is 31.2 Å². The molecule has 0 saturated carbocycles. The fraction of sp³-hybridized carbons (Fsp3) is 0.429. The Morgan fingerprint density at radius 3 is 2.19 bits per heavy atom. The van der Waals surface area contributed by atoms with E-state index in [9.17, 15) is 9.59 Å². The first kappa shape index (κ1) is 21.6. The van der Waals surface area contributed by atoms with Crippen molar-refractivity contribution in [2.75, 3.05) is 18.0 Å². The van der Waals surface area contributed by atoms with E-state index >= 15 is 0 Å². The Morgan fingerprint density at radius 1 is 1.12 bits per heavy atom. The normalized spacial score (nSPS) is 12.9. The zero-order valence-electron chi connectivity index (χ0n) is 16.2. The van der Waals surface area contributed by atoms with E-state index in [1.165, 1.54) is 11.6 Å². The van der Waals surface area contributed by atoms with Gasteiger partial charge in [-0.3, -0.25) is 14.8 Å². The van der Waals surface area contributed by atoms with Gasteiger partial charge < -0.3 is 4.90 Å². The summed E-state index contributed by atoms with van der Waals surface area (Å²) in [5.41, 5.74) is 4.13. The molecule has 0 radical (unpaired) electrons. The van der Waals surface area contributed by atoms with Crippen molar-refractivity contribution in [2.45, 2.75) is 40.5 Å². The molecule has 0 saturated heterocycles. The van der Waals surface area contributed by atoms with Crippen LogP contribution in [0.4, 0.5) is 5.69 Å². The second kappa shape index (κ2) is 11.3. The Labute approximate surface area is 156 Å². The summed E-state index contributed by atoms with van der Waals surface area (Å²) in [5.74, 6) is -0.866. The van der Waals surface area contributed by atoms with Gasteiger partial charge in [0.25, 0.3) is 5.91 Å². The first-order valence-electron chi connectivity index (χ1n) is 9.12. The molecule has 26 heavy (non-hydrogen) atoms. The van der Waals surface area contributed by atoms with Crippen molar-refractivity contribution in [1.29, 1.82) is 0 Å². The van der Waals surface area contributed by atoms with Gasteiger partial charge in [-0.2, -0.15) is 0 Å². The lowest BCUT2D eigenvalue weighted by Crippen LogP contribution is -2.24. The monoisotopic (exact) mass is 358 g/mol. The molecule has 0 fully saturated rings. The number of rotatable bonds is 10. The van der Waals surface area contributed by atoms with Crippen LogP contribution in [0.1, 0.15) is 50.9 Å². The van der Waals surface area contributed by atoms with Crippen molar-refractivity contribution in [1.82, 2.24) is 5.48 Å². The Balaban J connectivity index is 2.83. The predicted octanol–water partition coefficient (Wildman–Crippen LogP) is 4.14. The third-order valence-electron chi connectivity index (χ3n) is 4.04. The lowest BCUT2D eigenvalue weighted by Gasteiger charge is -2.24. The third kappa shape index (κ3) is 6.84. The number of carbonyl (C=O) groups is 2. The molecule has 0 aliphatic heterocycles. The smallest absolute Gasteiger partial charge is 0.267 e. The number of hydroxylamine groups is 1. The van der Waals surface area contributed by atoms with Gasteiger partial charge in [-0.25, -0.2) is 5.48 Å². The summed E-state index contributed by atoms with van der Waals surface area (Å²) in [6, 6.07) is 7.77. The molecule has 0 aliphatic carbocycles. The zero-order chi connectivity index (χ0) is 19.5. The third-order valence-corrected chi connectivity index (χ3v) is 4.04. The molecule has 5 heteroatoms. The Hall–Kier alpha value is -2.40. The van der Waals surface area contributed by atoms with Crippen LogP contribution in [0.2, 0.25) is 0 Å². The molecule has 0 aromatic heterocycles. The second-order valence-electron chi connectivity index (χ2n) is 6.41. The molecule has 1 amide bonds. The molecule has 0 heterocycles. The zero-order valence-corrected chi connectivity index (χ0v) is 16.2. The second-order valence-corrected chi connectivity index (χ2v) is 6.41. The number of hydrogen-bond donors (Lipinski definition) is 2. The highest BCUT2D eigenvalue weighted by atomic mass is 16.5. The van der Waals surface area contributed by atoms with Gasteiger partial charge in [0, 0.05) is 36.3 Å². The number of nitrogens with zero attached hydrogens (tertiary/aromatic N) is 1. The average Bonchev–Trinajstić information content (AvgIpc) is 2.65. The van der Waals surface area contributed by atoms with Gasteiger partial charge in [-0.1, -0.05) is 38.5 Å². The SMILES string of the molecule is CCCN(CCC)c1ccc(C(=O)[C@H](C)/C=C(C)/C=C/C(=O)NO)cc1. The molecular formula is C21H30N2O3. The minimum Gasteiger partial charge on any atom is -0.372 e. The largest absolute Gasteiger partial charge is 0.372 e. The molecule has 1 atom stereocenters. The Bertz CT molecular complexity index is 642. The number of ketones is 1. The molecule has 1 aromatic rings. The number of allylic oxidation sites excluding steroid dienone is 3. The van der Waals surface area contributed by atoms with E-state index < -0.39 is 5.91 Å². The van der Waals surface area contributed by atoms with Gasteiger partial charge in [-0.05, 0) is 44.0 Å². The Morgan fingerprint density at radius 2 is 1.69 bits per heavy atom. The highest BCUT2D eigenvalue weighted by Gasteiger charge is 2.14. The van der Waals surface area contributed by atoms with Crippen LogP contribution < -0.4 is 10.4 Å². The summed E-state index contributed by atoms with van der Waals surface area (Å²) < 4.78 is 0. The van der Waals surface area contributed by atoms with E-state index in [1.54, 1.807) is 19.1 Å². The van der Waals surface area contributed by atoms with Gasteiger partial charge in [0.05, 0.1) is 0 Å². The Kier molecular flexibility index (Phi) is 9.37. The number of anilines is 1. The molecule has 2 N–H and O–H groups in total. The van der Waals surface area contributed by atoms with Crippen LogP contribution in [0.5, 0.6) is 0 Å². The van der Waals surface area contributed by atoms with E-state index in [2.05, 4.69) is 18.7 Å². The topological polar surface area (TPSA) is 69.6 Å². The summed E-state index contributed by atoms with van der Waals surface area (Å²) in [6.45, 7) is 9.98. The first-order chi connectivity index (χ1) is 12.4. The predicted molar refractivity (Wildman–Crippen MR) is 106 cm³/mol. The van der Waals surface area contributed by atoms with Gasteiger partial charge in [0.1, 0.15) is 0 Å². The summed E-state index contributed by atoms with van der Waals surface area (Å²) in [4.78, 5) is 25.9. The van der Waals surface area contributed by atoms with E-state index in [0.29, 0.717) is 5.56 Å². The minimum absolute atomic E-state index is 0.0356. The summed E-state index contributed by atoms with van der Waals surface area (Å²) in [6.07, 6.45) is 6.75. The molecule has 1 aromatic carbocycles. The van der Waals surface area contributed by atoms with Crippen LogP contribution in [-0.2, 0) is 4.79 Å². The molecule has 142 valence electrons. The van der Waals surface area contributed by atoms with Crippen LogP contribution in [0.15, 0.2) is 48.1 Å². The van der Waals surface area contributed by atoms with Crippen molar-refractivity contribution in [3.63, 3.8) is 0 Å². The lowest BCUT2D eigenvalue weighted by atomic mass is 9.97. The number of Topliss-reactive ketones (excluding diaryl/α,β-unsaturated/α-hetero) is 1. The van der Waals surface area contributed by atoms with Gasteiger partial charge >= 0.3 is 0 Å². The van der Waals surface area contributed by atoms with Crippen LogP contribution in [0.25, 0.3) is 0 Å². The molecule has 5 nitrogen and oxygen atoms in total. The molecular weight excluding hydrogens is 328 g/mol. The van der Waals surface area contributed by atoms with Crippen LogP contribution in [-0.4, -0.2) is 30.0 Å². The molecule has 1 rings (SSSR count). The summed E-state index contributed by atoms with van der Waals surface area (Å²) in [7, 11) is 0. The van der Waals surface area contributed by atoms with E-state index in [0.717, 1.165) is 37.2 Å². The summed E-state index contributed by atoms with van der Waals surface area (Å²) in [5, 5.41) is 8.47. The van der Waals surface area contributed by atoms with E-state index in [-0.39, 0.29) is 11.7 Å². The van der Waals surface area contributed by atoms with Crippen molar-refractivity contribution in [3.05, 3.63) is 53.6 Å². The van der Waals surface area contributed by atoms with Crippen LogP contribution in [0, 0.1) is 5.92 Å². The maximum atomic E-state index is 12.6. The standard InChI is InChI=1S/C21H30N2O3/c1-5-13-23(14-6-2)19-10-8-18(9-11-19)21(25)17(4)15-16(3)7-12-20(24)22-26/h7-12,15,17,26H,5-6,13-14H2,1-4H3,(H,22,24)/b12-7+,16-15+/t17-/m1/s1. The fourth-order valence-electron chi connectivity index (χ4n) is 2.78. The number of hydrogen-bond acceptors (Lipinski definition) is 4. The van der Waals surface area contributed by atoms with E-state index in [4.69, 9.17) is 5.21 Å². The maximum Gasteiger partial charge on any atom is 0.267 e. The van der Waals surface area contributed by atoms with Crippen molar-refractivity contribution in [3.8, 4) is 0 Å². The number of nitrogens with one attached hydrogen (secondary N) is 1. The number of benzene rings is 1. The van der Waals surface area contributed by atoms with Crippen molar-refractivity contribution >= 4 is 17.4 Å².